The second-order valence-corrected chi connectivity index (χ2v) is 8.50. The molecule has 5 atom stereocenters. The number of amides is 1. The first kappa shape index (κ1) is 27.9. The standard InChI is InChI=1S/C14H20NO9Se.C6H6S/c1-6(16)15-13-12(23-9(4)19)11(22-8(3)18)10(5-21-7(2)17)24-14(13,20)25;7-6-4-2-1-3-5-6/h10-13,20H,5H2,1-4H3,(H,15,16);1-5,7H/t10-,11-,12+,13-,14+;/m1./s1. The van der Waals surface area contributed by atoms with E-state index in [1.54, 1.807) is 0 Å². The number of hydrogen-bond acceptors (Lipinski definition) is 10. The maximum absolute atomic E-state index is 11.5. The minimum absolute atomic E-state index is 0.373. The summed E-state index contributed by atoms with van der Waals surface area (Å²) in [5, 5.41) is 12.9. The van der Waals surface area contributed by atoms with Crippen LogP contribution in [-0.4, -0.2) is 80.6 Å². The molecule has 0 bridgehead atoms. The average Bonchev–Trinajstić information content (AvgIpc) is 2.65. The van der Waals surface area contributed by atoms with E-state index in [1.165, 1.54) is 6.92 Å². The molecular formula is C20H26NO9SSe. The summed E-state index contributed by atoms with van der Waals surface area (Å²) in [5.74, 6) is -2.62. The van der Waals surface area contributed by atoms with Crippen molar-refractivity contribution in [2.45, 2.75) is 61.6 Å². The molecule has 1 aromatic rings. The molecule has 1 heterocycles. The van der Waals surface area contributed by atoms with Crippen LogP contribution in [0.25, 0.3) is 0 Å². The second-order valence-electron chi connectivity index (χ2n) is 6.75. The zero-order chi connectivity index (χ0) is 24.5. The van der Waals surface area contributed by atoms with E-state index < -0.39 is 52.9 Å². The Bertz CT molecular complexity index is 806. The Hall–Kier alpha value is -2.11. The number of esters is 3. The molecule has 12 heteroatoms. The molecule has 32 heavy (non-hydrogen) atoms. The molecule has 0 spiro atoms. The van der Waals surface area contributed by atoms with Gasteiger partial charge in [-0.25, -0.2) is 0 Å². The van der Waals surface area contributed by atoms with Crippen LogP contribution >= 0.6 is 12.6 Å². The van der Waals surface area contributed by atoms with Gasteiger partial charge in [-0.15, -0.1) is 12.6 Å². The topological polar surface area (TPSA) is 137 Å². The van der Waals surface area contributed by atoms with Crippen molar-refractivity contribution in [1.29, 1.82) is 0 Å². The molecule has 1 fully saturated rings. The smallest absolute Gasteiger partial charge is 0.00399 e. The first-order valence-electron chi connectivity index (χ1n) is 9.43. The number of thiol groups is 1. The molecule has 1 aliphatic rings. The largest absolute Gasteiger partial charge is 0.143 e. The van der Waals surface area contributed by atoms with Gasteiger partial charge < -0.3 is 0 Å². The van der Waals surface area contributed by atoms with Crippen molar-refractivity contribution in [3.63, 3.8) is 0 Å². The summed E-state index contributed by atoms with van der Waals surface area (Å²) in [5.41, 5.74) is 0. The van der Waals surface area contributed by atoms with Gasteiger partial charge in [0.15, 0.2) is 0 Å². The van der Waals surface area contributed by atoms with Gasteiger partial charge >= 0.3 is 152 Å². The maximum atomic E-state index is 11.5. The molecule has 10 nitrogen and oxygen atoms in total. The minimum Gasteiger partial charge on any atom is -0.143 e. The van der Waals surface area contributed by atoms with Crippen LogP contribution in [0.1, 0.15) is 27.7 Å². The van der Waals surface area contributed by atoms with E-state index in [0.29, 0.717) is 0 Å². The van der Waals surface area contributed by atoms with E-state index in [4.69, 9.17) is 18.9 Å². The third-order valence-electron chi connectivity index (χ3n) is 3.90. The number of ether oxygens (including phenoxy) is 4. The van der Waals surface area contributed by atoms with Gasteiger partial charge in [0.25, 0.3) is 0 Å². The van der Waals surface area contributed by atoms with Gasteiger partial charge in [0.05, 0.1) is 0 Å². The van der Waals surface area contributed by atoms with Crippen LogP contribution in [0.4, 0.5) is 0 Å². The van der Waals surface area contributed by atoms with Crippen molar-refractivity contribution in [2.24, 2.45) is 0 Å². The van der Waals surface area contributed by atoms with Crippen LogP contribution in [0.5, 0.6) is 0 Å². The number of benzene rings is 1. The monoisotopic (exact) mass is 536 g/mol. The molecule has 0 saturated carbocycles. The van der Waals surface area contributed by atoms with Gasteiger partial charge in [0.1, 0.15) is 0 Å². The Morgan fingerprint density at radius 1 is 1.03 bits per heavy atom. The van der Waals surface area contributed by atoms with E-state index in [9.17, 15) is 24.3 Å². The number of carbonyl (C=O) groups is 4. The quantitative estimate of drug-likeness (QED) is 0.208. The number of carbonyl (C=O) groups excluding carboxylic acids is 4. The Morgan fingerprint density at radius 3 is 1.97 bits per heavy atom. The van der Waals surface area contributed by atoms with E-state index >= 15 is 0 Å². The van der Waals surface area contributed by atoms with Gasteiger partial charge in [0, 0.05) is 4.90 Å². The van der Waals surface area contributed by atoms with E-state index in [0.717, 1.165) is 25.7 Å². The molecule has 1 amide bonds. The van der Waals surface area contributed by atoms with Crippen LogP contribution in [0.2, 0.25) is 0 Å². The van der Waals surface area contributed by atoms with Gasteiger partial charge in [-0.2, -0.15) is 0 Å². The molecule has 1 saturated heterocycles. The molecule has 2 rings (SSSR count). The molecule has 2 N–H and O–H groups in total. The van der Waals surface area contributed by atoms with Crippen molar-refractivity contribution in [2.75, 3.05) is 6.61 Å². The Labute approximate surface area is 199 Å². The predicted octanol–water partition coefficient (Wildman–Crippen LogP) is 0.106. The van der Waals surface area contributed by atoms with Crippen molar-refractivity contribution >= 4 is 52.5 Å². The first-order chi connectivity index (χ1) is 14.8. The van der Waals surface area contributed by atoms with Crippen LogP contribution in [-0.2, 0) is 38.1 Å². The van der Waals surface area contributed by atoms with Gasteiger partial charge in [-0.05, 0) is 12.1 Å². The third-order valence-corrected chi connectivity index (χ3v) is 4.93. The summed E-state index contributed by atoms with van der Waals surface area (Å²) < 4.78 is 18.5. The SMILES string of the molecule is CC(=O)N[C@@H]1[C@@H](OC(C)=O)[C@H](OC(C)=O)[C@@H](COC(C)=O)O[C@]1(O)[Se].Sc1ccccc1. The molecule has 0 aromatic heterocycles. The summed E-state index contributed by atoms with van der Waals surface area (Å²) >= 11 is 6.44. The summed E-state index contributed by atoms with van der Waals surface area (Å²) in [6.45, 7) is 4.22. The van der Waals surface area contributed by atoms with Crippen LogP contribution < -0.4 is 5.32 Å². The molecule has 0 aliphatic carbocycles. The Morgan fingerprint density at radius 2 is 1.56 bits per heavy atom. The molecular weight excluding hydrogens is 509 g/mol. The van der Waals surface area contributed by atoms with Crippen molar-refractivity contribution in [3.05, 3.63) is 30.3 Å². The molecule has 1 aliphatic heterocycles. The summed E-state index contributed by atoms with van der Waals surface area (Å²) in [7, 11) is 0. The zero-order valence-electron chi connectivity index (χ0n) is 18.0. The van der Waals surface area contributed by atoms with Crippen molar-refractivity contribution < 1.29 is 43.2 Å². The van der Waals surface area contributed by atoms with Crippen molar-refractivity contribution in [1.82, 2.24) is 5.32 Å². The van der Waals surface area contributed by atoms with Crippen LogP contribution in [0.3, 0.4) is 0 Å². The zero-order valence-corrected chi connectivity index (χ0v) is 20.6. The van der Waals surface area contributed by atoms with Gasteiger partial charge in [-0.1, -0.05) is 18.2 Å². The van der Waals surface area contributed by atoms with Crippen LogP contribution in [0.15, 0.2) is 35.2 Å². The van der Waals surface area contributed by atoms with Crippen LogP contribution in [0, 0.1) is 0 Å². The molecule has 177 valence electrons. The fourth-order valence-corrected chi connectivity index (χ4v) is 3.61. The van der Waals surface area contributed by atoms with Crippen molar-refractivity contribution in [3.8, 4) is 0 Å². The Kier molecular flexibility index (Phi) is 11.2. The minimum atomic E-state index is -2.10. The molecule has 1 aromatic carbocycles. The number of rotatable bonds is 5. The van der Waals surface area contributed by atoms with Gasteiger partial charge in [-0.3, -0.25) is 0 Å². The summed E-state index contributed by atoms with van der Waals surface area (Å²) in [6.07, 6.45) is -3.66. The Balaban J connectivity index is 0.000000616. The second kappa shape index (κ2) is 12.8. The summed E-state index contributed by atoms with van der Waals surface area (Å²) in [4.78, 5) is 46.4. The summed E-state index contributed by atoms with van der Waals surface area (Å²) in [6, 6.07) is 8.52. The third kappa shape index (κ3) is 9.58. The normalized spacial score (nSPS) is 26.6. The fraction of sp³-hybridized carbons (Fsp3) is 0.500. The molecule has 0 unspecified atom stereocenters. The number of nitrogens with one attached hydrogen (secondary N) is 1. The number of hydrogen-bond donors (Lipinski definition) is 3. The predicted molar refractivity (Wildman–Crippen MR) is 115 cm³/mol. The van der Waals surface area contributed by atoms with E-state index in [-0.39, 0.29) is 6.61 Å². The van der Waals surface area contributed by atoms with E-state index in [1.807, 2.05) is 30.3 Å². The number of aliphatic hydroxyl groups is 1. The average molecular weight is 535 g/mol. The first-order valence-corrected chi connectivity index (χ1v) is 10.7. The van der Waals surface area contributed by atoms with Gasteiger partial charge in [0.2, 0.25) is 0 Å². The maximum Gasteiger partial charge on any atom is 0.00399 e. The van der Waals surface area contributed by atoms with E-state index in [2.05, 4.69) is 34.0 Å². The molecule has 1 radical (unpaired) electrons. The fourth-order valence-electron chi connectivity index (χ4n) is 2.78.